The average molecular weight is 368 g/mol. The number of aliphatic hydroxyl groups is 1. The van der Waals surface area contributed by atoms with E-state index in [2.05, 4.69) is 0 Å². The lowest BCUT2D eigenvalue weighted by atomic mass is 9.95. The predicted octanol–water partition coefficient (Wildman–Crippen LogP) is 4.58. The Morgan fingerprint density at radius 1 is 1.04 bits per heavy atom. The number of esters is 1. The van der Waals surface area contributed by atoms with Crippen molar-refractivity contribution in [3.63, 3.8) is 0 Å². The SMILES string of the molecule is CCC([C@H](C)OC(=O)C(=Cc1ccccc1)OCc1ccccc1)[C@@H](C)O. The quantitative estimate of drug-likeness (QED) is 0.400. The number of hydrogen-bond acceptors (Lipinski definition) is 4. The highest BCUT2D eigenvalue weighted by Crippen LogP contribution is 2.20. The van der Waals surface area contributed by atoms with Gasteiger partial charge in [-0.1, -0.05) is 67.6 Å². The molecular formula is C23H28O4. The van der Waals surface area contributed by atoms with E-state index in [0.717, 1.165) is 11.1 Å². The topological polar surface area (TPSA) is 55.8 Å². The van der Waals surface area contributed by atoms with Gasteiger partial charge >= 0.3 is 5.97 Å². The molecule has 3 atom stereocenters. The normalized spacial score (nSPS) is 14.9. The highest BCUT2D eigenvalue weighted by Gasteiger charge is 2.25. The van der Waals surface area contributed by atoms with Crippen LogP contribution in [0.2, 0.25) is 0 Å². The molecule has 0 saturated heterocycles. The molecule has 0 aliphatic rings. The molecule has 4 nitrogen and oxygen atoms in total. The summed E-state index contributed by atoms with van der Waals surface area (Å²) in [4.78, 5) is 12.7. The highest BCUT2D eigenvalue weighted by molar-refractivity contribution is 5.91. The van der Waals surface area contributed by atoms with Gasteiger partial charge in [0, 0.05) is 5.92 Å². The summed E-state index contributed by atoms with van der Waals surface area (Å²) < 4.78 is 11.4. The molecule has 1 unspecified atom stereocenters. The minimum atomic E-state index is -0.551. The Bertz CT molecular complexity index is 723. The third-order valence-corrected chi connectivity index (χ3v) is 4.52. The van der Waals surface area contributed by atoms with E-state index in [1.807, 2.05) is 67.6 Å². The highest BCUT2D eigenvalue weighted by atomic mass is 16.6. The molecule has 0 saturated carbocycles. The second-order valence-electron chi connectivity index (χ2n) is 6.62. The van der Waals surface area contributed by atoms with Gasteiger partial charge in [0.05, 0.1) is 6.10 Å². The Kier molecular flexibility index (Phi) is 8.08. The molecule has 0 bridgehead atoms. The smallest absolute Gasteiger partial charge is 0.373 e. The summed E-state index contributed by atoms with van der Waals surface area (Å²) in [6, 6.07) is 19.2. The van der Waals surface area contributed by atoms with Gasteiger partial charge in [0.2, 0.25) is 5.76 Å². The lowest BCUT2D eigenvalue weighted by Crippen LogP contribution is -2.32. The molecule has 0 spiro atoms. The first-order valence-electron chi connectivity index (χ1n) is 9.33. The lowest BCUT2D eigenvalue weighted by Gasteiger charge is -2.25. The van der Waals surface area contributed by atoms with E-state index in [9.17, 15) is 9.90 Å². The molecule has 0 fully saturated rings. The minimum absolute atomic E-state index is 0.124. The second-order valence-corrected chi connectivity index (χ2v) is 6.62. The average Bonchev–Trinajstić information content (AvgIpc) is 2.66. The summed E-state index contributed by atoms with van der Waals surface area (Å²) in [6.07, 6.45) is 1.43. The summed E-state index contributed by atoms with van der Waals surface area (Å²) in [5, 5.41) is 9.88. The Balaban J connectivity index is 2.15. The van der Waals surface area contributed by atoms with E-state index in [4.69, 9.17) is 9.47 Å². The van der Waals surface area contributed by atoms with Crippen LogP contribution in [0, 0.1) is 5.92 Å². The van der Waals surface area contributed by atoms with E-state index >= 15 is 0 Å². The number of ether oxygens (including phenoxy) is 2. The first-order valence-corrected chi connectivity index (χ1v) is 9.33. The van der Waals surface area contributed by atoms with Crippen molar-refractivity contribution in [3.05, 3.63) is 77.5 Å². The summed E-state index contributed by atoms with van der Waals surface area (Å²) in [6.45, 7) is 5.76. The summed E-state index contributed by atoms with van der Waals surface area (Å²) in [5.41, 5.74) is 1.82. The van der Waals surface area contributed by atoms with Gasteiger partial charge in [-0.2, -0.15) is 0 Å². The molecule has 0 aliphatic carbocycles. The molecule has 1 N–H and O–H groups in total. The molecule has 0 radical (unpaired) electrons. The molecule has 2 aromatic rings. The molecule has 0 aromatic heterocycles. The van der Waals surface area contributed by atoms with Gasteiger partial charge < -0.3 is 14.6 Å². The largest absolute Gasteiger partial charge is 0.482 e. The van der Waals surface area contributed by atoms with Crippen LogP contribution in [0.25, 0.3) is 6.08 Å². The van der Waals surface area contributed by atoms with Crippen LogP contribution in [0.3, 0.4) is 0 Å². The third-order valence-electron chi connectivity index (χ3n) is 4.52. The van der Waals surface area contributed by atoms with E-state index in [-0.39, 0.29) is 18.3 Å². The molecule has 0 heterocycles. The molecule has 0 amide bonds. The van der Waals surface area contributed by atoms with E-state index < -0.39 is 18.2 Å². The van der Waals surface area contributed by atoms with Crippen molar-refractivity contribution >= 4 is 12.0 Å². The standard InChI is InChI=1S/C23H28O4/c1-4-21(17(2)24)18(3)27-23(25)22(15-19-11-7-5-8-12-19)26-16-20-13-9-6-10-14-20/h5-15,17-18,21,24H,4,16H2,1-3H3/t17-,18+,21?/m1/s1. The minimum Gasteiger partial charge on any atom is -0.482 e. The van der Waals surface area contributed by atoms with Gasteiger partial charge in [0.1, 0.15) is 12.7 Å². The van der Waals surface area contributed by atoms with E-state index in [1.165, 1.54) is 0 Å². The van der Waals surface area contributed by atoms with Crippen LogP contribution in [0.15, 0.2) is 66.4 Å². The van der Waals surface area contributed by atoms with Gasteiger partial charge in [0.15, 0.2) is 0 Å². The van der Waals surface area contributed by atoms with Gasteiger partial charge in [-0.25, -0.2) is 4.79 Å². The van der Waals surface area contributed by atoms with Gasteiger partial charge in [-0.15, -0.1) is 0 Å². The van der Waals surface area contributed by atoms with Crippen molar-refractivity contribution in [1.29, 1.82) is 0 Å². The Labute approximate surface area is 161 Å². The van der Waals surface area contributed by atoms with Gasteiger partial charge in [-0.05, 0) is 37.5 Å². The number of hydrogen-bond donors (Lipinski definition) is 1. The number of rotatable bonds is 9. The van der Waals surface area contributed by atoms with Crippen molar-refractivity contribution in [1.82, 2.24) is 0 Å². The number of carbonyl (C=O) groups excluding carboxylic acids is 1. The molecule has 0 aliphatic heterocycles. The first-order chi connectivity index (χ1) is 13.0. The van der Waals surface area contributed by atoms with Crippen LogP contribution < -0.4 is 0 Å². The molecule has 144 valence electrons. The molecule has 4 heteroatoms. The van der Waals surface area contributed by atoms with Crippen LogP contribution >= 0.6 is 0 Å². The van der Waals surface area contributed by atoms with Crippen LogP contribution in [0.5, 0.6) is 0 Å². The van der Waals surface area contributed by atoms with Crippen molar-refractivity contribution in [2.24, 2.45) is 5.92 Å². The zero-order valence-corrected chi connectivity index (χ0v) is 16.2. The van der Waals surface area contributed by atoms with Crippen molar-refractivity contribution in [2.75, 3.05) is 0 Å². The lowest BCUT2D eigenvalue weighted by molar-refractivity contribution is -0.152. The van der Waals surface area contributed by atoms with E-state index in [0.29, 0.717) is 6.42 Å². The maximum absolute atomic E-state index is 12.7. The summed E-state index contributed by atoms with van der Waals surface area (Å²) >= 11 is 0. The predicted molar refractivity (Wildman–Crippen MR) is 107 cm³/mol. The van der Waals surface area contributed by atoms with Crippen LogP contribution in [-0.4, -0.2) is 23.3 Å². The van der Waals surface area contributed by atoms with Crippen molar-refractivity contribution < 1.29 is 19.4 Å². The second kappa shape index (κ2) is 10.5. The van der Waals surface area contributed by atoms with Gasteiger partial charge in [-0.3, -0.25) is 0 Å². The van der Waals surface area contributed by atoms with Crippen LogP contribution in [0.1, 0.15) is 38.3 Å². The van der Waals surface area contributed by atoms with Gasteiger partial charge in [0.25, 0.3) is 0 Å². The van der Waals surface area contributed by atoms with Crippen molar-refractivity contribution in [3.8, 4) is 0 Å². The Morgan fingerprint density at radius 2 is 1.63 bits per heavy atom. The molecule has 27 heavy (non-hydrogen) atoms. The summed E-state index contributed by atoms with van der Waals surface area (Å²) in [5.74, 6) is -0.500. The zero-order valence-electron chi connectivity index (χ0n) is 16.2. The Morgan fingerprint density at radius 3 is 2.19 bits per heavy atom. The molecule has 2 rings (SSSR count). The molecular weight excluding hydrogens is 340 g/mol. The van der Waals surface area contributed by atoms with Crippen molar-refractivity contribution in [2.45, 2.75) is 46.0 Å². The molecule has 2 aromatic carbocycles. The first kappa shape index (κ1) is 20.7. The number of carbonyl (C=O) groups is 1. The van der Waals surface area contributed by atoms with E-state index in [1.54, 1.807) is 19.9 Å². The Hall–Kier alpha value is -2.59. The zero-order chi connectivity index (χ0) is 19.6. The summed E-state index contributed by atoms with van der Waals surface area (Å²) in [7, 11) is 0. The number of aliphatic hydroxyl groups excluding tert-OH is 1. The third kappa shape index (κ3) is 6.57. The van der Waals surface area contributed by atoms with Crippen LogP contribution in [-0.2, 0) is 20.9 Å². The maximum atomic E-state index is 12.7. The fraction of sp³-hybridized carbons (Fsp3) is 0.348. The monoisotopic (exact) mass is 368 g/mol. The number of benzene rings is 2. The van der Waals surface area contributed by atoms with Crippen LogP contribution in [0.4, 0.5) is 0 Å². The maximum Gasteiger partial charge on any atom is 0.373 e. The fourth-order valence-corrected chi connectivity index (χ4v) is 2.98. The fourth-order valence-electron chi connectivity index (χ4n) is 2.98.